The molecule has 0 N–H and O–H groups in total. The van der Waals surface area contributed by atoms with E-state index in [1.54, 1.807) is 7.11 Å². The monoisotopic (exact) mass is 1160 g/mol. The Bertz CT molecular complexity index is 3680. The first-order chi connectivity index (χ1) is 41.4. The molecule has 10 aromatic rings. The number of hydrogen-bond donors (Lipinski definition) is 0. The lowest BCUT2D eigenvalue weighted by Crippen LogP contribution is -2.48. The summed E-state index contributed by atoms with van der Waals surface area (Å²) in [4.78, 5) is 0. The number of hydrogen-bond acceptors (Lipinski definition) is 8. The molecule has 8 nitrogen and oxygen atoms in total. The van der Waals surface area contributed by atoms with E-state index in [4.69, 9.17) is 36.6 Å². The molecule has 14 rings (SSSR count). The summed E-state index contributed by atoms with van der Waals surface area (Å²) in [6.45, 7) is 11.5. The van der Waals surface area contributed by atoms with Crippen molar-refractivity contribution in [1.82, 2.24) is 0 Å². The van der Waals surface area contributed by atoms with Crippen LogP contribution in [0.4, 0.5) is 0 Å². The van der Waals surface area contributed by atoms with Crippen LogP contribution in [0.5, 0.6) is 23.0 Å². The summed E-state index contributed by atoms with van der Waals surface area (Å²) >= 11 is 0. The van der Waals surface area contributed by atoms with Crippen molar-refractivity contribution in [2.45, 2.75) is 80.2 Å². The molecular weight excluding hydrogens is 1090 g/mol. The van der Waals surface area contributed by atoms with Gasteiger partial charge >= 0.3 is 15.9 Å². The first kappa shape index (κ1) is 55.0. The highest BCUT2D eigenvalue weighted by atomic mass is 31.2. The highest BCUT2D eigenvalue weighted by molar-refractivity contribution is 7.64. The number of benzene rings is 10. The number of unbranched alkanes of at least 4 members (excludes halogenated alkanes) is 1. The fourth-order valence-corrected chi connectivity index (χ4v) is 19.8. The number of fused-ring (bicyclic) bond motifs is 2. The summed E-state index contributed by atoms with van der Waals surface area (Å²) in [6, 6.07) is 92.3. The van der Waals surface area contributed by atoms with Crippen LogP contribution >= 0.6 is 15.9 Å². The zero-order chi connectivity index (χ0) is 58.1. The summed E-state index contributed by atoms with van der Waals surface area (Å²) in [5.41, 5.74) is 5.29. The Kier molecular flexibility index (Phi) is 13.6. The van der Waals surface area contributed by atoms with E-state index in [1.807, 2.05) is 54.6 Å². The van der Waals surface area contributed by atoms with Gasteiger partial charge in [-0.1, -0.05) is 256 Å². The molecule has 4 aliphatic rings. The van der Waals surface area contributed by atoms with Crippen molar-refractivity contribution < 1.29 is 36.6 Å². The fourth-order valence-electron chi connectivity index (χ4n) is 13.7. The zero-order valence-corrected chi connectivity index (χ0v) is 50.5. The third-order valence-electron chi connectivity index (χ3n) is 18.0. The molecule has 85 heavy (non-hydrogen) atoms. The normalized spacial score (nSPS) is 18.9. The third kappa shape index (κ3) is 7.96. The zero-order valence-electron chi connectivity index (χ0n) is 48.7. The van der Waals surface area contributed by atoms with Crippen LogP contribution in [0.3, 0.4) is 0 Å². The minimum atomic E-state index is -3.72. The number of ether oxygens (including phenoxy) is 2. The van der Waals surface area contributed by atoms with Crippen LogP contribution in [0.25, 0.3) is 11.1 Å². The Morgan fingerprint density at radius 3 is 0.835 bits per heavy atom. The minimum Gasteiger partial charge on any atom is -0.497 e. The van der Waals surface area contributed by atoms with Gasteiger partial charge in [0.2, 0.25) is 22.4 Å². The molecule has 10 aromatic carbocycles. The van der Waals surface area contributed by atoms with Crippen LogP contribution in [0.2, 0.25) is 0 Å². The molecule has 0 atom stereocenters. The Labute approximate surface area is 500 Å². The minimum absolute atomic E-state index is 0.512. The van der Waals surface area contributed by atoms with E-state index < -0.39 is 48.6 Å². The van der Waals surface area contributed by atoms with E-state index in [9.17, 15) is 0 Å². The van der Waals surface area contributed by atoms with Gasteiger partial charge in [0, 0.05) is 11.1 Å². The van der Waals surface area contributed by atoms with E-state index in [-0.39, 0.29) is 0 Å². The maximum atomic E-state index is 8.32. The van der Waals surface area contributed by atoms with Crippen LogP contribution < -0.4 is 18.5 Å². The predicted octanol–water partition coefficient (Wildman–Crippen LogP) is 19.2. The Balaban J connectivity index is 1.02. The fraction of sp³-hybridized carbons (Fsp3) is 0.200. The van der Waals surface area contributed by atoms with E-state index in [1.165, 1.54) is 0 Å². The summed E-state index contributed by atoms with van der Waals surface area (Å²) in [5, 5.41) is -1.88. The molecule has 424 valence electrons. The van der Waals surface area contributed by atoms with Gasteiger partial charge in [-0.15, -0.1) is 0 Å². The summed E-state index contributed by atoms with van der Waals surface area (Å²) in [7, 11) is -5.72. The lowest BCUT2D eigenvalue weighted by molar-refractivity contribution is 0.00370. The summed E-state index contributed by atoms with van der Waals surface area (Å²) in [6.07, 6.45) is 1.83. The highest BCUT2D eigenvalue weighted by Gasteiger charge is 2.87. The van der Waals surface area contributed by atoms with Gasteiger partial charge in [-0.05, 0) is 103 Å². The van der Waals surface area contributed by atoms with Gasteiger partial charge in [-0.25, -0.2) is 0 Å². The standard InChI is InChI=1S/C75H68O8P2/c1-7-8-49-77-63-51-65(69-67(53-63)71(4,5)85(79-69)82-74(58-41-25-13-26-42-58,59-43-27-14-28-44-59)75(83-85,60-45-29-15-30-46-60)61-47-31-16-32-48-61)64-50-62(76-6)52-66-68(64)78-84(70(66,2)3)80-72(54-33-17-9-18-34-54,55-35-19-10-20-36-55)73(81-84,56-37-21-11-22-38-56)57-39-23-12-24-40-57/h9-48,50-53H,7-8,49H2,1-6H3/q+2. The van der Waals surface area contributed by atoms with Crippen LogP contribution in [0.1, 0.15) is 103 Å². The van der Waals surface area contributed by atoms with Crippen LogP contribution in [-0.2, 0) is 50.8 Å². The van der Waals surface area contributed by atoms with Gasteiger partial charge < -0.3 is 9.47 Å². The Hall–Kier alpha value is -7.90. The van der Waals surface area contributed by atoms with Gasteiger partial charge in [-0.3, -0.25) is 9.05 Å². The molecule has 2 saturated heterocycles. The number of methoxy groups -OCH3 is 1. The average molecular weight is 1160 g/mol. The molecule has 10 heteroatoms. The maximum absolute atomic E-state index is 8.32. The molecule has 0 amide bonds. The predicted molar refractivity (Wildman–Crippen MR) is 339 cm³/mol. The van der Waals surface area contributed by atoms with Gasteiger partial charge in [0.25, 0.3) is 0 Å². The van der Waals surface area contributed by atoms with Gasteiger partial charge in [0.15, 0.2) is 21.8 Å². The first-order valence-electron chi connectivity index (χ1n) is 29.4. The highest BCUT2D eigenvalue weighted by Crippen LogP contribution is 2.92. The van der Waals surface area contributed by atoms with Crippen molar-refractivity contribution in [3.63, 3.8) is 0 Å². The second-order valence-corrected chi connectivity index (χ2v) is 28.7. The van der Waals surface area contributed by atoms with E-state index >= 15 is 0 Å². The summed E-state index contributed by atoms with van der Waals surface area (Å²) < 4.78 is 62.4. The molecule has 0 aliphatic carbocycles. The molecule has 0 radical (unpaired) electrons. The van der Waals surface area contributed by atoms with E-state index in [0.29, 0.717) is 29.6 Å². The van der Waals surface area contributed by atoms with Crippen molar-refractivity contribution >= 4 is 15.9 Å². The lowest BCUT2D eigenvalue weighted by Gasteiger charge is -2.40. The first-order valence-corrected chi connectivity index (χ1v) is 32.5. The summed E-state index contributed by atoms with van der Waals surface area (Å²) in [5.74, 6) is 2.50. The molecule has 0 saturated carbocycles. The van der Waals surface area contributed by atoms with E-state index in [0.717, 1.165) is 79.6 Å². The van der Waals surface area contributed by atoms with Crippen molar-refractivity contribution in [3.05, 3.63) is 323 Å². The molecule has 0 bridgehead atoms. The van der Waals surface area contributed by atoms with Crippen molar-refractivity contribution in [2.75, 3.05) is 13.7 Å². The van der Waals surface area contributed by atoms with Gasteiger partial charge in [0.1, 0.15) is 11.5 Å². The van der Waals surface area contributed by atoms with E-state index in [2.05, 4.69) is 247 Å². The van der Waals surface area contributed by atoms with Gasteiger partial charge in [0.05, 0.1) is 24.8 Å². The molecule has 0 unspecified atom stereocenters. The topological polar surface area (TPSA) is 73.8 Å². The quantitative estimate of drug-likeness (QED) is 0.0788. The smallest absolute Gasteiger partial charge is 0.469 e. The van der Waals surface area contributed by atoms with Crippen molar-refractivity contribution in [3.8, 4) is 34.1 Å². The van der Waals surface area contributed by atoms with Gasteiger partial charge in [-0.2, -0.15) is 18.1 Å². The molecular formula is C75H68O8P2+2. The molecule has 2 spiro atoms. The second kappa shape index (κ2) is 21.0. The largest absolute Gasteiger partial charge is 0.497 e. The van der Waals surface area contributed by atoms with Crippen LogP contribution in [-0.4, -0.2) is 13.7 Å². The van der Waals surface area contributed by atoms with Crippen LogP contribution in [0, 0.1) is 0 Å². The lowest BCUT2D eigenvalue weighted by atomic mass is 9.66. The molecule has 2 fully saturated rings. The second-order valence-electron chi connectivity index (χ2n) is 23.4. The van der Waals surface area contributed by atoms with Crippen LogP contribution in [0.15, 0.2) is 267 Å². The van der Waals surface area contributed by atoms with Crippen molar-refractivity contribution in [2.24, 2.45) is 0 Å². The molecule has 0 aromatic heterocycles. The molecule has 4 heterocycles. The van der Waals surface area contributed by atoms with Crippen molar-refractivity contribution in [1.29, 1.82) is 0 Å². The maximum Gasteiger partial charge on any atom is 0.469 e. The molecule has 4 aliphatic heterocycles. The number of rotatable bonds is 14. The SMILES string of the molecule is CCCCOc1cc(-c2cc(OC)cc3c2O[P+]2(OC(c4ccccc4)(c4ccccc4)C(c4ccccc4)(c4ccccc4)O2)C3(C)C)c2c(c1)C(C)(C)[P+]1(O2)OC(c2ccccc2)(c2ccccc2)C(c2ccccc2)(c2ccccc2)O1. The average Bonchev–Trinajstić information content (AvgIpc) is 1.54. The Morgan fingerprint density at radius 1 is 0.341 bits per heavy atom. The Morgan fingerprint density at radius 2 is 0.588 bits per heavy atom. The third-order valence-corrected chi connectivity index (χ3v) is 24.1.